The normalized spacial score (nSPS) is 15.3. The predicted molar refractivity (Wildman–Crippen MR) is 73.3 cm³/mol. The molecule has 1 aromatic rings. The summed E-state index contributed by atoms with van der Waals surface area (Å²) in [5, 5.41) is 6.24. The number of hydrogen-bond donors (Lipinski definition) is 2. The van der Waals surface area contributed by atoms with Crippen molar-refractivity contribution in [2.75, 3.05) is 0 Å². The molecule has 0 saturated heterocycles. The van der Waals surface area contributed by atoms with Crippen molar-refractivity contribution in [1.29, 1.82) is 0 Å². The highest BCUT2D eigenvalue weighted by molar-refractivity contribution is 6.30. The zero-order chi connectivity index (χ0) is 13.0. The number of rotatable bonds is 4. The molecule has 96 valence electrons. The van der Waals surface area contributed by atoms with Gasteiger partial charge in [0.05, 0.1) is 0 Å². The van der Waals surface area contributed by atoms with E-state index in [1.54, 1.807) is 6.20 Å². The van der Waals surface area contributed by atoms with E-state index in [1.807, 2.05) is 24.3 Å². The second-order valence-electron chi connectivity index (χ2n) is 4.62. The van der Waals surface area contributed by atoms with Gasteiger partial charge in [-0.25, -0.2) is 4.79 Å². The van der Waals surface area contributed by atoms with Gasteiger partial charge in [0.2, 0.25) is 0 Å². The van der Waals surface area contributed by atoms with Crippen molar-refractivity contribution in [3.8, 4) is 0 Å². The van der Waals surface area contributed by atoms with Gasteiger partial charge >= 0.3 is 6.03 Å². The minimum atomic E-state index is -0.176. The van der Waals surface area contributed by atoms with Crippen molar-refractivity contribution in [2.45, 2.75) is 26.3 Å². The SMILES string of the molecule is C/C(=C\NC(=O)NCc1ccc(Cl)cc1)C1CC1. The van der Waals surface area contributed by atoms with E-state index < -0.39 is 0 Å². The highest BCUT2D eigenvalue weighted by Gasteiger charge is 2.22. The summed E-state index contributed by atoms with van der Waals surface area (Å²) in [7, 11) is 0. The van der Waals surface area contributed by atoms with Crippen molar-refractivity contribution in [2.24, 2.45) is 5.92 Å². The third kappa shape index (κ3) is 4.08. The molecule has 1 aliphatic rings. The maximum Gasteiger partial charge on any atom is 0.319 e. The fourth-order valence-corrected chi connectivity index (χ4v) is 1.80. The van der Waals surface area contributed by atoms with Gasteiger partial charge in [-0.05, 0) is 43.4 Å². The van der Waals surface area contributed by atoms with Gasteiger partial charge in [0.25, 0.3) is 0 Å². The smallest absolute Gasteiger partial charge is 0.319 e. The van der Waals surface area contributed by atoms with E-state index in [4.69, 9.17) is 11.6 Å². The largest absolute Gasteiger partial charge is 0.334 e. The summed E-state index contributed by atoms with van der Waals surface area (Å²) in [4.78, 5) is 11.5. The minimum Gasteiger partial charge on any atom is -0.334 e. The van der Waals surface area contributed by atoms with Gasteiger partial charge in [-0.15, -0.1) is 0 Å². The van der Waals surface area contributed by atoms with Crippen LogP contribution < -0.4 is 10.6 Å². The van der Waals surface area contributed by atoms with Crippen molar-refractivity contribution in [3.63, 3.8) is 0 Å². The molecule has 0 unspecified atom stereocenters. The molecule has 0 atom stereocenters. The lowest BCUT2D eigenvalue weighted by atomic mass is 10.2. The average Bonchev–Trinajstić information content (AvgIpc) is 3.19. The summed E-state index contributed by atoms with van der Waals surface area (Å²) in [6.45, 7) is 2.55. The molecule has 0 heterocycles. The van der Waals surface area contributed by atoms with Crippen molar-refractivity contribution >= 4 is 17.6 Å². The summed E-state index contributed by atoms with van der Waals surface area (Å²) in [6, 6.07) is 7.24. The fourth-order valence-electron chi connectivity index (χ4n) is 1.67. The van der Waals surface area contributed by atoms with Crippen molar-refractivity contribution < 1.29 is 4.79 Å². The van der Waals surface area contributed by atoms with Crippen molar-refractivity contribution in [1.82, 2.24) is 10.6 Å². The number of nitrogens with one attached hydrogen (secondary N) is 2. The molecule has 18 heavy (non-hydrogen) atoms. The summed E-state index contributed by atoms with van der Waals surface area (Å²) in [5.74, 6) is 0.682. The molecule has 4 heteroatoms. The molecule has 0 bridgehead atoms. The first kappa shape index (κ1) is 13.0. The number of amides is 2. The number of halogens is 1. The summed E-state index contributed by atoms with van der Waals surface area (Å²) in [6.07, 6.45) is 4.29. The molecule has 0 radical (unpaired) electrons. The van der Waals surface area contributed by atoms with Crippen LogP contribution >= 0.6 is 11.6 Å². The first-order chi connectivity index (χ1) is 8.65. The number of carbonyl (C=O) groups excluding carboxylic acids is 1. The number of allylic oxidation sites excluding steroid dienone is 1. The van der Waals surface area contributed by atoms with Crippen LogP contribution in [0.2, 0.25) is 5.02 Å². The molecule has 2 amide bonds. The van der Waals surface area contributed by atoms with Gasteiger partial charge in [-0.3, -0.25) is 0 Å². The monoisotopic (exact) mass is 264 g/mol. The Balaban J connectivity index is 1.74. The molecular weight excluding hydrogens is 248 g/mol. The molecule has 0 aromatic heterocycles. The zero-order valence-electron chi connectivity index (χ0n) is 10.4. The molecule has 2 N–H and O–H groups in total. The maximum absolute atomic E-state index is 11.5. The Labute approximate surface area is 112 Å². The second-order valence-corrected chi connectivity index (χ2v) is 5.05. The van der Waals surface area contributed by atoms with E-state index in [9.17, 15) is 4.79 Å². The molecule has 2 rings (SSSR count). The van der Waals surface area contributed by atoms with Crippen LogP contribution in [0.3, 0.4) is 0 Å². The fraction of sp³-hybridized carbons (Fsp3) is 0.357. The first-order valence-corrected chi connectivity index (χ1v) is 6.48. The Bertz CT molecular complexity index is 449. The Hall–Kier alpha value is -1.48. The third-order valence-corrected chi connectivity index (χ3v) is 3.27. The van der Waals surface area contributed by atoms with Crippen LogP contribution in [-0.2, 0) is 6.54 Å². The topological polar surface area (TPSA) is 41.1 Å². The first-order valence-electron chi connectivity index (χ1n) is 6.10. The van der Waals surface area contributed by atoms with E-state index in [0.717, 1.165) is 5.56 Å². The maximum atomic E-state index is 11.5. The molecule has 3 nitrogen and oxygen atoms in total. The van der Waals surface area contributed by atoms with Crippen LogP contribution in [-0.4, -0.2) is 6.03 Å². The van der Waals surface area contributed by atoms with E-state index in [1.165, 1.54) is 18.4 Å². The molecule has 0 aliphatic heterocycles. The van der Waals surface area contributed by atoms with Crippen LogP contribution in [0.25, 0.3) is 0 Å². The Morgan fingerprint density at radius 1 is 1.39 bits per heavy atom. The standard InChI is InChI=1S/C14H17ClN2O/c1-10(12-4-5-12)8-16-14(18)17-9-11-2-6-13(15)7-3-11/h2-3,6-8,12H,4-5,9H2,1H3,(H2,16,17,18)/b10-8+. The molecule has 1 aliphatic carbocycles. The predicted octanol–water partition coefficient (Wildman–Crippen LogP) is 3.45. The molecular formula is C14H17ClN2O. The van der Waals surface area contributed by atoms with E-state index in [0.29, 0.717) is 17.5 Å². The van der Waals surface area contributed by atoms with Crippen LogP contribution in [0.5, 0.6) is 0 Å². The van der Waals surface area contributed by atoms with E-state index in [-0.39, 0.29) is 6.03 Å². The van der Waals surface area contributed by atoms with E-state index in [2.05, 4.69) is 17.6 Å². The lowest BCUT2D eigenvalue weighted by Gasteiger charge is -2.06. The van der Waals surface area contributed by atoms with Crippen molar-refractivity contribution in [3.05, 3.63) is 46.6 Å². The zero-order valence-corrected chi connectivity index (χ0v) is 11.1. The summed E-state index contributed by atoms with van der Waals surface area (Å²) < 4.78 is 0. The highest BCUT2D eigenvalue weighted by atomic mass is 35.5. The highest BCUT2D eigenvalue weighted by Crippen LogP contribution is 2.35. The van der Waals surface area contributed by atoms with E-state index >= 15 is 0 Å². The number of hydrogen-bond acceptors (Lipinski definition) is 1. The molecule has 1 aromatic carbocycles. The molecule has 1 fully saturated rings. The van der Waals surface area contributed by atoms with Crippen LogP contribution in [0.4, 0.5) is 4.79 Å². The van der Waals surface area contributed by atoms with Gasteiger partial charge in [-0.2, -0.15) is 0 Å². The van der Waals surface area contributed by atoms with Gasteiger partial charge in [0.15, 0.2) is 0 Å². The Kier molecular flexibility index (Phi) is 4.26. The van der Waals surface area contributed by atoms with Gasteiger partial charge in [0.1, 0.15) is 0 Å². The molecule has 1 saturated carbocycles. The van der Waals surface area contributed by atoms with Crippen LogP contribution in [0.15, 0.2) is 36.0 Å². The van der Waals surface area contributed by atoms with Crippen LogP contribution in [0.1, 0.15) is 25.3 Å². The number of urea groups is 1. The second kappa shape index (κ2) is 5.91. The Morgan fingerprint density at radius 2 is 2.06 bits per heavy atom. The Morgan fingerprint density at radius 3 is 2.67 bits per heavy atom. The number of benzene rings is 1. The van der Waals surface area contributed by atoms with Gasteiger partial charge in [0, 0.05) is 17.8 Å². The van der Waals surface area contributed by atoms with Gasteiger partial charge in [-0.1, -0.05) is 29.3 Å². The lowest BCUT2D eigenvalue weighted by molar-refractivity contribution is 0.243. The summed E-state index contributed by atoms with van der Waals surface area (Å²) >= 11 is 5.79. The number of carbonyl (C=O) groups is 1. The average molecular weight is 265 g/mol. The van der Waals surface area contributed by atoms with Gasteiger partial charge < -0.3 is 10.6 Å². The molecule has 0 spiro atoms. The minimum absolute atomic E-state index is 0.176. The van der Waals surface area contributed by atoms with Crippen LogP contribution in [0, 0.1) is 5.92 Å². The lowest BCUT2D eigenvalue weighted by Crippen LogP contribution is -2.31. The third-order valence-electron chi connectivity index (χ3n) is 3.02. The quantitative estimate of drug-likeness (QED) is 0.859. The summed E-state index contributed by atoms with van der Waals surface area (Å²) in [5.41, 5.74) is 2.27.